The molecule has 1 atom stereocenters. The molecule has 0 fully saturated rings. The van der Waals surface area contributed by atoms with Crippen LogP contribution < -0.4 is 5.32 Å². The van der Waals surface area contributed by atoms with Crippen LogP contribution in [0.2, 0.25) is 10.0 Å². The molecule has 0 unspecified atom stereocenters. The van der Waals surface area contributed by atoms with Crippen molar-refractivity contribution in [1.29, 1.82) is 0 Å². The molecule has 0 bridgehead atoms. The van der Waals surface area contributed by atoms with Crippen molar-refractivity contribution >= 4 is 41.0 Å². The first-order valence-electron chi connectivity index (χ1n) is 13.3. The summed E-state index contributed by atoms with van der Waals surface area (Å²) in [6.07, 6.45) is 0.696. The normalized spacial score (nSPS) is 16.7. The molecule has 7 nitrogen and oxygen atoms in total. The molecule has 0 aromatic heterocycles. The smallest absolute Gasteiger partial charge is 0.322 e. The van der Waals surface area contributed by atoms with Crippen LogP contribution in [0.1, 0.15) is 29.7 Å². The molecule has 3 aromatic carbocycles. The SMILES string of the molecule is CCN1C(=O)N[C@@H](c2ccc(Cl)cc2Cl)C2=C1CN(CC(=O)N(CCc1ccccc1)Cc1ccccc1)C2=O. The van der Waals surface area contributed by atoms with Crippen LogP contribution in [0.3, 0.4) is 0 Å². The Morgan fingerprint density at radius 1 is 0.975 bits per heavy atom. The van der Waals surface area contributed by atoms with Crippen LogP contribution in [-0.4, -0.2) is 58.7 Å². The van der Waals surface area contributed by atoms with Gasteiger partial charge in [-0.25, -0.2) is 4.79 Å². The number of nitrogens with zero attached hydrogens (tertiary/aromatic N) is 3. The molecule has 4 amide bonds. The van der Waals surface area contributed by atoms with E-state index in [1.807, 2.05) is 67.6 Å². The Hall–Kier alpha value is -3.81. The Kier molecular flexibility index (Phi) is 8.43. The molecule has 2 heterocycles. The van der Waals surface area contributed by atoms with Crippen molar-refractivity contribution in [3.05, 3.63) is 117 Å². The van der Waals surface area contributed by atoms with Gasteiger partial charge in [-0.15, -0.1) is 0 Å². The maximum Gasteiger partial charge on any atom is 0.322 e. The molecule has 2 aliphatic heterocycles. The third-order valence-corrected chi connectivity index (χ3v) is 7.86. The van der Waals surface area contributed by atoms with E-state index in [1.54, 1.807) is 28.0 Å². The van der Waals surface area contributed by atoms with E-state index in [1.165, 1.54) is 4.90 Å². The average molecular weight is 578 g/mol. The second kappa shape index (κ2) is 12.1. The number of amides is 4. The summed E-state index contributed by atoms with van der Waals surface area (Å²) in [5.41, 5.74) is 3.75. The molecule has 0 aliphatic carbocycles. The molecule has 206 valence electrons. The second-order valence-electron chi connectivity index (χ2n) is 9.85. The predicted molar refractivity (Wildman–Crippen MR) is 156 cm³/mol. The van der Waals surface area contributed by atoms with Gasteiger partial charge in [-0.2, -0.15) is 0 Å². The van der Waals surface area contributed by atoms with Crippen molar-refractivity contribution in [2.75, 3.05) is 26.2 Å². The van der Waals surface area contributed by atoms with Crippen LogP contribution in [0.15, 0.2) is 90.1 Å². The Labute approximate surface area is 244 Å². The van der Waals surface area contributed by atoms with Crippen LogP contribution in [0, 0.1) is 0 Å². The molecule has 0 radical (unpaired) electrons. The third kappa shape index (κ3) is 5.86. The summed E-state index contributed by atoms with van der Waals surface area (Å²) in [5, 5.41) is 3.73. The Morgan fingerprint density at radius 3 is 2.30 bits per heavy atom. The number of hydrogen-bond acceptors (Lipinski definition) is 3. The summed E-state index contributed by atoms with van der Waals surface area (Å²) in [6, 6.07) is 23.8. The maximum absolute atomic E-state index is 13.8. The molecule has 2 aliphatic rings. The lowest BCUT2D eigenvalue weighted by Gasteiger charge is -2.33. The largest absolute Gasteiger partial charge is 0.337 e. The molecule has 0 saturated carbocycles. The van der Waals surface area contributed by atoms with E-state index >= 15 is 0 Å². The van der Waals surface area contributed by atoms with Crippen LogP contribution in [0.5, 0.6) is 0 Å². The summed E-state index contributed by atoms with van der Waals surface area (Å²) >= 11 is 12.6. The van der Waals surface area contributed by atoms with Gasteiger partial charge in [0.2, 0.25) is 5.91 Å². The maximum atomic E-state index is 13.8. The Balaban J connectivity index is 1.38. The van der Waals surface area contributed by atoms with Crippen molar-refractivity contribution in [1.82, 2.24) is 20.0 Å². The fourth-order valence-electron chi connectivity index (χ4n) is 5.25. The van der Waals surface area contributed by atoms with Gasteiger partial charge in [0.25, 0.3) is 5.91 Å². The van der Waals surface area contributed by atoms with E-state index in [9.17, 15) is 14.4 Å². The number of benzene rings is 3. The molecular formula is C31H30Cl2N4O3. The lowest BCUT2D eigenvalue weighted by Crippen LogP contribution is -2.47. The first kappa shape index (κ1) is 27.7. The number of likely N-dealkylation sites (N-methyl/N-ethyl adjacent to an activating group) is 1. The summed E-state index contributed by atoms with van der Waals surface area (Å²) in [4.78, 5) is 45.4. The summed E-state index contributed by atoms with van der Waals surface area (Å²) < 4.78 is 0. The highest BCUT2D eigenvalue weighted by molar-refractivity contribution is 6.35. The Morgan fingerprint density at radius 2 is 1.65 bits per heavy atom. The van der Waals surface area contributed by atoms with Gasteiger partial charge in [0, 0.05) is 29.7 Å². The zero-order chi connectivity index (χ0) is 28.2. The van der Waals surface area contributed by atoms with Crippen molar-refractivity contribution in [2.24, 2.45) is 0 Å². The summed E-state index contributed by atoms with van der Waals surface area (Å²) in [7, 11) is 0. The van der Waals surface area contributed by atoms with Gasteiger partial charge < -0.3 is 15.1 Å². The molecule has 1 N–H and O–H groups in total. The van der Waals surface area contributed by atoms with Crippen LogP contribution in [-0.2, 0) is 22.6 Å². The summed E-state index contributed by atoms with van der Waals surface area (Å²) in [5.74, 6) is -0.447. The van der Waals surface area contributed by atoms with Gasteiger partial charge in [0.05, 0.1) is 23.9 Å². The minimum absolute atomic E-state index is 0.0970. The van der Waals surface area contributed by atoms with Crippen molar-refractivity contribution in [3.8, 4) is 0 Å². The van der Waals surface area contributed by atoms with Gasteiger partial charge in [-0.1, -0.05) is 89.9 Å². The third-order valence-electron chi connectivity index (χ3n) is 7.29. The quantitative estimate of drug-likeness (QED) is 0.368. The number of nitrogens with one attached hydrogen (secondary N) is 1. The highest BCUT2D eigenvalue weighted by Gasteiger charge is 2.44. The topological polar surface area (TPSA) is 73.0 Å². The van der Waals surface area contributed by atoms with Crippen LogP contribution in [0.25, 0.3) is 0 Å². The number of rotatable bonds is 9. The molecule has 5 rings (SSSR count). The summed E-state index contributed by atoms with van der Waals surface area (Å²) in [6.45, 7) is 3.26. The van der Waals surface area contributed by atoms with E-state index in [4.69, 9.17) is 23.2 Å². The molecule has 9 heteroatoms. The minimum atomic E-state index is -0.735. The highest BCUT2D eigenvalue weighted by Crippen LogP contribution is 2.39. The fourth-order valence-corrected chi connectivity index (χ4v) is 5.76. The lowest BCUT2D eigenvalue weighted by molar-refractivity contribution is -0.138. The van der Waals surface area contributed by atoms with Crippen molar-refractivity contribution in [2.45, 2.75) is 25.9 Å². The number of carbonyl (C=O) groups excluding carboxylic acids is 3. The van der Waals surface area contributed by atoms with Crippen LogP contribution >= 0.6 is 23.2 Å². The number of carbonyl (C=O) groups is 3. The fraction of sp³-hybridized carbons (Fsp3) is 0.258. The number of hydrogen-bond donors (Lipinski definition) is 1. The standard InChI is InChI=1S/C31H30Cl2N4O3/c1-2-37-26-19-36(30(39)28(26)29(34-31(37)40)24-14-13-23(32)17-25(24)33)20-27(38)35(18-22-11-7-4-8-12-22)16-15-21-9-5-3-6-10-21/h3-14,17,29H,2,15-16,18-20H2,1H3,(H,34,40)/t29-/m0/s1. The zero-order valence-electron chi connectivity index (χ0n) is 22.1. The van der Waals surface area contributed by atoms with E-state index in [-0.39, 0.29) is 30.9 Å². The van der Waals surface area contributed by atoms with E-state index in [2.05, 4.69) is 5.32 Å². The van der Waals surface area contributed by atoms with E-state index in [0.717, 1.165) is 11.1 Å². The van der Waals surface area contributed by atoms with Gasteiger partial charge in [-0.05, 0) is 42.2 Å². The van der Waals surface area contributed by atoms with Gasteiger partial charge in [0.15, 0.2) is 0 Å². The molecule has 40 heavy (non-hydrogen) atoms. The predicted octanol–water partition coefficient (Wildman–Crippen LogP) is 5.45. The lowest BCUT2D eigenvalue weighted by atomic mass is 9.95. The zero-order valence-corrected chi connectivity index (χ0v) is 23.7. The van der Waals surface area contributed by atoms with Crippen molar-refractivity contribution < 1.29 is 14.4 Å². The highest BCUT2D eigenvalue weighted by atomic mass is 35.5. The molecule has 0 saturated heterocycles. The molecule has 0 spiro atoms. The van der Waals surface area contributed by atoms with E-state index < -0.39 is 6.04 Å². The first-order chi connectivity index (χ1) is 19.4. The average Bonchev–Trinajstić information content (AvgIpc) is 3.27. The van der Waals surface area contributed by atoms with Gasteiger partial charge in [0.1, 0.15) is 6.54 Å². The minimum Gasteiger partial charge on any atom is -0.337 e. The van der Waals surface area contributed by atoms with Gasteiger partial charge >= 0.3 is 6.03 Å². The molecular weight excluding hydrogens is 547 g/mol. The van der Waals surface area contributed by atoms with Gasteiger partial charge in [-0.3, -0.25) is 14.5 Å². The second-order valence-corrected chi connectivity index (χ2v) is 10.7. The number of halogens is 2. The number of urea groups is 1. The van der Waals surface area contributed by atoms with E-state index in [0.29, 0.717) is 52.9 Å². The first-order valence-corrected chi connectivity index (χ1v) is 14.0. The monoisotopic (exact) mass is 576 g/mol. The van der Waals surface area contributed by atoms with Crippen LogP contribution in [0.4, 0.5) is 4.79 Å². The molecule has 3 aromatic rings. The Bertz CT molecular complexity index is 1450. The van der Waals surface area contributed by atoms with Crippen molar-refractivity contribution in [3.63, 3.8) is 0 Å².